The summed E-state index contributed by atoms with van der Waals surface area (Å²) in [5, 5.41) is 3.53. The van der Waals surface area contributed by atoms with Crippen LogP contribution in [-0.4, -0.2) is 13.7 Å². The molecule has 1 aromatic rings. The first-order chi connectivity index (χ1) is 10.2. The zero-order chi connectivity index (χ0) is 15.7. The zero-order valence-electron chi connectivity index (χ0n) is 13.9. The first-order valence-electron chi connectivity index (χ1n) is 8.22. The van der Waals surface area contributed by atoms with E-state index in [9.17, 15) is 4.39 Å². The maximum absolute atomic E-state index is 13.6. The van der Waals surface area contributed by atoms with E-state index in [4.69, 9.17) is 4.74 Å². The van der Waals surface area contributed by atoms with Crippen molar-refractivity contribution in [1.82, 2.24) is 5.32 Å². The number of hydrogen-bond acceptors (Lipinski definition) is 2. The molecule has 0 amide bonds. The van der Waals surface area contributed by atoms with Gasteiger partial charge in [-0.25, -0.2) is 4.39 Å². The molecule has 0 aliphatic carbocycles. The van der Waals surface area contributed by atoms with E-state index in [1.54, 1.807) is 0 Å². The standard InChI is InChI=1S/C18H30FNO/c1-5-8-9-14(6-2)12-17(20-7-3)15-10-11-16(19)18(13-15)21-4/h10-11,13-14,17,20H,5-9,12H2,1-4H3. The molecule has 2 unspecified atom stereocenters. The van der Waals surface area contributed by atoms with Gasteiger partial charge in [-0.05, 0) is 36.6 Å². The van der Waals surface area contributed by atoms with Gasteiger partial charge < -0.3 is 10.1 Å². The van der Waals surface area contributed by atoms with Gasteiger partial charge >= 0.3 is 0 Å². The molecule has 0 radical (unpaired) electrons. The molecule has 21 heavy (non-hydrogen) atoms. The number of methoxy groups -OCH3 is 1. The Bertz CT molecular complexity index is 408. The SMILES string of the molecule is CCCCC(CC)CC(NCC)c1ccc(F)c(OC)c1. The van der Waals surface area contributed by atoms with Crippen molar-refractivity contribution in [1.29, 1.82) is 0 Å². The molecule has 1 rings (SSSR count). The van der Waals surface area contributed by atoms with E-state index in [0.29, 0.717) is 11.7 Å². The summed E-state index contributed by atoms with van der Waals surface area (Å²) in [6, 6.07) is 5.48. The fraction of sp³-hybridized carbons (Fsp3) is 0.667. The van der Waals surface area contributed by atoms with Crippen molar-refractivity contribution in [2.24, 2.45) is 5.92 Å². The lowest BCUT2D eigenvalue weighted by Crippen LogP contribution is -2.23. The van der Waals surface area contributed by atoms with Gasteiger partial charge in [0.25, 0.3) is 0 Å². The van der Waals surface area contributed by atoms with Crippen LogP contribution in [0.2, 0.25) is 0 Å². The molecule has 0 aliphatic rings. The van der Waals surface area contributed by atoms with Crippen molar-refractivity contribution in [3.63, 3.8) is 0 Å². The van der Waals surface area contributed by atoms with E-state index < -0.39 is 0 Å². The van der Waals surface area contributed by atoms with Crippen LogP contribution < -0.4 is 10.1 Å². The molecule has 0 saturated carbocycles. The summed E-state index contributed by atoms with van der Waals surface area (Å²) in [5.41, 5.74) is 1.12. The van der Waals surface area contributed by atoms with Gasteiger partial charge in [-0.3, -0.25) is 0 Å². The molecule has 0 saturated heterocycles. The monoisotopic (exact) mass is 295 g/mol. The molecule has 2 atom stereocenters. The third kappa shape index (κ3) is 5.66. The lowest BCUT2D eigenvalue weighted by molar-refractivity contribution is 0.353. The van der Waals surface area contributed by atoms with Crippen molar-refractivity contribution in [3.8, 4) is 5.75 Å². The number of rotatable bonds is 10. The number of halogens is 1. The first kappa shape index (κ1) is 18.0. The highest BCUT2D eigenvalue weighted by Gasteiger charge is 2.17. The Kier molecular flexibility index (Phi) is 8.36. The van der Waals surface area contributed by atoms with Crippen molar-refractivity contribution < 1.29 is 9.13 Å². The van der Waals surface area contributed by atoms with Gasteiger partial charge in [0.05, 0.1) is 7.11 Å². The largest absolute Gasteiger partial charge is 0.494 e. The molecule has 0 spiro atoms. The summed E-state index contributed by atoms with van der Waals surface area (Å²) in [6.07, 6.45) is 6.09. The van der Waals surface area contributed by atoms with Crippen molar-refractivity contribution in [2.45, 2.75) is 58.9 Å². The van der Waals surface area contributed by atoms with Gasteiger partial charge in [-0.1, -0.05) is 52.5 Å². The third-order valence-electron chi connectivity index (χ3n) is 4.14. The van der Waals surface area contributed by atoms with Gasteiger partial charge in [0.15, 0.2) is 11.6 Å². The number of unbranched alkanes of at least 4 members (excludes halogenated alkanes) is 1. The van der Waals surface area contributed by atoms with Crippen LogP contribution in [-0.2, 0) is 0 Å². The molecule has 2 nitrogen and oxygen atoms in total. The molecular weight excluding hydrogens is 265 g/mol. The Balaban J connectivity index is 2.84. The van der Waals surface area contributed by atoms with Crippen LogP contribution in [0.4, 0.5) is 4.39 Å². The van der Waals surface area contributed by atoms with Crippen LogP contribution in [0.1, 0.15) is 64.5 Å². The van der Waals surface area contributed by atoms with Gasteiger partial charge in [0.1, 0.15) is 0 Å². The Morgan fingerprint density at radius 3 is 2.57 bits per heavy atom. The van der Waals surface area contributed by atoms with Gasteiger partial charge in [0.2, 0.25) is 0 Å². The van der Waals surface area contributed by atoms with E-state index in [1.807, 2.05) is 12.1 Å². The van der Waals surface area contributed by atoms with E-state index in [-0.39, 0.29) is 11.9 Å². The van der Waals surface area contributed by atoms with Crippen LogP contribution in [0.5, 0.6) is 5.75 Å². The Labute approximate surface area is 129 Å². The maximum atomic E-state index is 13.6. The Hall–Kier alpha value is -1.09. The first-order valence-corrected chi connectivity index (χ1v) is 8.22. The quantitative estimate of drug-likeness (QED) is 0.649. The predicted octanol–water partition coefficient (Wildman–Crippen LogP) is 5.09. The van der Waals surface area contributed by atoms with E-state index in [2.05, 4.69) is 26.1 Å². The van der Waals surface area contributed by atoms with Crippen LogP contribution in [0.15, 0.2) is 18.2 Å². The smallest absolute Gasteiger partial charge is 0.165 e. The lowest BCUT2D eigenvalue weighted by Gasteiger charge is -2.24. The highest BCUT2D eigenvalue weighted by atomic mass is 19.1. The minimum atomic E-state index is -0.297. The molecular formula is C18H30FNO. The highest BCUT2D eigenvalue weighted by Crippen LogP contribution is 2.29. The van der Waals surface area contributed by atoms with Gasteiger partial charge in [0, 0.05) is 6.04 Å². The molecule has 0 bridgehead atoms. The summed E-state index contributed by atoms with van der Waals surface area (Å²) >= 11 is 0. The second-order valence-corrected chi connectivity index (χ2v) is 5.66. The van der Waals surface area contributed by atoms with E-state index >= 15 is 0 Å². The predicted molar refractivity (Wildman–Crippen MR) is 87.3 cm³/mol. The molecule has 0 heterocycles. The molecule has 0 aliphatic heterocycles. The Morgan fingerprint density at radius 1 is 1.24 bits per heavy atom. The Morgan fingerprint density at radius 2 is 2.00 bits per heavy atom. The lowest BCUT2D eigenvalue weighted by atomic mass is 9.89. The topological polar surface area (TPSA) is 21.3 Å². The number of ether oxygens (including phenoxy) is 1. The second-order valence-electron chi connectivity index (χ2n) is 5.66. The fourth-order valence-corrected chi connectivity index (χ4v) is 2.79. The van der Waals surface area contributed by atoms with Crippen molar-refractivity contribution in [3.05, 3.63) is 29.6 Å². The maximum Gasteiger partial charge on any atom is 0.165 e. The van der Waals surface area contributed by atoms with E-state index in [1.165, 1.54) is 38.9 Å². The molecule has 0 fully saturated rings. The average molecular weight is 295 g/mol. The van der Waals surface area contributed by atoms with Crippen LogP contribution in [0.3, 0.4) is 0 Å². The van der Waals surface area contributed by atoms with Crippen LogP contribution >= 0.6 is 0 Å². The summed E-state index contributed by atoms with van der Waals surface area (Å²) in [7, 11) is 1.51. The normalized spacial score (nSPS) is 14.0. The number of benzene rings is 1. The fourth-order valence-electron chi connectivity index (χ4n) is 2.79. The molecule has 1 N–H and O–H groups in total. The number of hydrogen-bond donors (Lipinski definition) is 1. The third-order valence-corrected chi connectivity index (χ3v) is 4.14. The van der Waals surface area contributed by atoms with Gasteiger partial charge in [-0.15, -0.1) is 0 Å². The van der Waals surface area contributed by atoms with Gasteiger partial charge in [-0.2, -0.15) is 0 Å². The average Bonchev–Trinajstić information content (AvgIpc) is 2.51. The summed E-state index contributed by atoms with van der Waals surface area (Å²) in [6.45, 7) is 7.52. The molecule has 120 valence electrons. The van der Waals surface area contributed by atoms with Crippen molar-refractivity contribution >= 4 is 0 Å². The van der Waals surface area contributed by atoms with Crippen LogP contribution in [0, 0.1) is 11.7 Å². The van der Waals surface area contributed by atoms with E-state index in [0.717, 1.165) is 18.5 Å². The van der Waals surface area contributed by atoms with Crippen molar-refractivity contribution in [2.75, 3.05) is 13.7 Å². The summed E-state index contributed by atoms with van der Waals surface area (Å²) in [5.74, 6) is 0.747. The zero-order valence-corrected chi connectivity index (χ0v) is 13.9. The second kappa shape index (κ2) is 9.78. The molecule has 1 aromatic carbocycles. The minimum Gasteiger partial charge on any atom is -0.494 e. The minimum absolute atomic E-state index is 0.270. The highest BCUT2D eigenvalue weighted by molar-refractivity contribution is 5.32. The molecule has 3 heteroatoms. The molecule has 0 aromatic heterocycles. The number of nitrogens with one attached hydrogen (secondary N) is 1. The van der Waals surface area contributed by atoms with Crippen LogP contribution in [0.25, 0.3) is 0 Å². The summed E-state index contributed by atoms with van der Waals surface area (Å²) < 4.78 is 18.7. The summed E-state index contributed by atoms with van der Waals surface area (Å²) in [4.78, 5) is 0.